The third-order valence-corrected chi connectivity index (χ3v) is 3.22. The number of nitrogens with zero attached hydrogens (tertiary/aromatic N) is 1. The Morgan fingerprint density at radius 1 is 1.50 bits per heavy atom. The molecule has 5 nitrogen and oxygen atoms in total. The molecule has 1 heterocycles. The van der Waals surface area contributed by atoms with Gasteiger partial charge in [0.15, 0.2) is 0 Å². The zero-order valence-corrected chi connectivity index (χ0v) is 12.6. The summed E-state index contributed by atoms with van der Waals surface area (Å²) in [5.41, 5.74) is 6.72. The average Bonchev–Trinajstić information content (AvgIpc) is 2.37. The summed E-state index contributed by atoms with van der Waals surface area (Å²) in [5.74, 6) is -0.266. The number of aryl methyl sites for hydroxylation is 1. The molecule has 20 heavy (non-hydrogen) atoms. The number of aromatic nitrogens is 1. The van der Waals surface area contributed by atoms with Crippen LogP contribution in [0.5, 0.6) is 5.75 Å². The first kappa shape index (κ1) is 16.4. The van der Waals surface area contributed by atoms with Crippen molar-refractivity contribution in [1.29, 1.82) is 0 Å². The Labute approximate surface area is 120 Å². The highest BCUT2D eigenvalue weighted by Crippen LogP contribution is 2.23. The zero-order valence-electron chi connectivity index (χ0n) is 12.6. The number of nitrogens with two attached hydrogens (primary N) is 1. The van der Waals surface area contributed by atoms with E-state index in [0.717, 1.165) is 17.8 Å². The molecular weight excluding hydrogens is 256 g/mol. The fourth-order valence-electron chi connectivity index (χ4n) is 1.59. The molecule has 0 saturated carbocycles. The normalized spacial score (nSPS) is 13.1. The van der Waals surface area contributed by atoms with Gasteiger partial charge in [-0.2, -0.15) is 0 Å². The molecular formula is C15H24N2O3. The van der Waals surface area contributed by atoms with Crippen LogP contribution in [-0.4, -0.2) is 28.7 Å². The summed E-state index contributed by atoms with van der Waals surface area (Å²) in [6.07, 6.45) is 1.48. The van der Waals surface area contributed by atoms with Crippen LogP contribution in [0.2, 0.25) is 0 Å². The monoisotopic (exact) mass is 280 g/mol. The van der Waals surface area contributed by atoms with Crippen LogP contribution < -0.4 is 10.5 Å². The summed E-state index contributed by atoms with van der Waals surface area (Å²) in [6.45, 7) is 7.30. The molecule has 0 amide bonds. The maximum absolute atomic E-state index is 11.1. The summed E-state index contributed by atoms with van der Waals surface area (Å²) >= 11 is 0. The van der Waals surface area contributed by atoms with Crippen LogP contribution in [0.3, 0.4) is 0 Å². The van der Waals surface area contributed by atoms with Crippen LogP contribution in [0, 0.1) is 12.3 Å². The largest absolute Gasteiger partial charge is 0.491 e. The van der Waals surface area contributed by atoms with Crippen LogP contribution in [0.1, 0.15) is 38.6 Å². The number of aliphatic carboxylic acids is 1. The molecule has 0 aliphatic carbocycles. The van der Waals surface area contributed by atoms with Gasteiger partial charge in [0.25, 0.3) is 0 Å². The van der Waals surface area contributed by atoms with Crippen molar-refractivity contribution in [3.05, 3.63) is 23.5 Å². The van der Waals surface area contributed by atoms with Crippen molar-refractivity contribution in [2.45, 2.75) is 46.6 Å². The minimum absolute atomic E-state index is 0.0270. The smallest absolute Gasteiger partial charge is 0.312 e. The molecule has 1 unspecified atom stereocenters. The molecule has 112 valence electrons. The van der Waals surface area contributed by atoms with Gasteiger partial charge in [0.2, 0.25) is 0 Å². The lowest BCUT2D eigenvalue weighted by atomic mass is 9.95. The second-order valence-corrected chi connectivity index (χ2v) is 5.75. The van der Waals surface area contributed by atoms with Crippen LogP contribution in [0.25, 0.3) is 0 Å². The molecule has 5 heteroatoms. The van der Waals surface area contributed by atoms with Crippen molar-refractivity contribution in [3.63, 3.8) is 0 Å². The van der Waals surface area contributed by atoms with E-state index in [-0.39, 0.29) is 12.6 Å². The van der Waals surface area contributed by atoms with Gasteiger partial charge in [0.05, 0.1) is 11.1 Å². The van der Waals surface area contributed by atoms with Gasteiger partial charge in [-0.3, -0.25) is 9.78 Å². The van der Waals surface area contributed by atoms with Crippen LogP contribution in [-0.2, 0) is 11.2 Å². The lowest BCUT2D eigenvalue weighted by Crippen LogP contribution is -2.31. The minimum atomic E-state index is -0.935. The summed E-state index contributed by atoms with van der Waals surface area (Å²) in [6, 6.07) is 3.71. The van der Waals surface area contributed by atoms with Crippen molar-refractivity contribution in [2.24, 2.45) is 11.1 Å². The molecule has 0 fully saturated rings. The van der Waals surface area contributed by atoms with E-state index < -0.39 is 11.4 Å². The Kier molecular flexibility index (Phi) is 5.51. The quantitative estimate of drug-likeness (QED) is 0.799. The Morgan fingerprint density at radius 3 is 2.70 bits per heavy atom. The third kappa shape index (κ3) is 4.49. The number of hydrogen-bond donors (Lipinski definition) is 2. The Balaban J connectivity index is 2.86. The van der Waals surface area contributed by atoms with E-state index in [2.05, 4.69) is 4.98 Å². The van der Waals surface area contributed by atoms with E-state index in [0.29, 0.717) is 12.2 Å². The zero-order chi connectivity index (χ0) is 15.3. The van der Waals surface area contributed by atoms with E-state index in [9.17, 15) is 4.79 Å². The average molecular weight is 280 g/mol. The number of carbonyl (C=O) groups is 1. The fraction of sp³-hybridized carbons (Fsp3) is 0.600. The highest BCUT2D eigenvalue weighted by atomic mass is 16.5. The first-order valence-corrected chi connectivity index (χ1v) is 6.84. The van der Waals surface area contributed by atoms with Crippen molar-refractivity contribution < 1.29 is 14.6 Å². The highest BCUT2D eigenvalue weighted by molar-refractivity contribution is 5.73. The van der Waals surface area contributed by atoms with Gasteiger partial charge in [-0.05, 0) is 39.3 Å². The Bertz CT molecular complexity index is 472. The summed E-state index contributed by atoms with van der Waals surface area (Å²) < 4.78 is 5.66. The lowest BCUT2D eigenvalue weighted by molar-refractivity contribution is -0.148. The van der Waals surface area contributed by atoms with Crippen LogP contribution in [0.4, 0.5) is 0 Å². The van der Waals surface area contributed by atoms with E-state index >= 15 is 0 Å². The number of pyridine rings is 1. The van der Waals surface area contributed by atoms with Crippen LogP contribution in [0.15, 0.2) is 12.1 Å². The molecule has 0 aromatic carbocycles. The predicted octanol–water partition coefficient (Wildman–Crippen LogP) is 2.16. The Morgan fingerprint density at radius 2 is 2.15 bits per heavy atom. The summed E-state index contributed by atoms with van der Waals surface area (Å²) in [7, 11) is 0. The number of carboxylic acids is 1. The van der Waals surface area contributed by atoms with E-state index in [1.165, 1.54) is 0 Å². The Hall–Kier alpha value is -1.62. The number of hydrogen-bond acceptors (Lipinski definition) is 4. The maximum atomic E-state index is 11.1. The van der Waals surface area contributed by atoms with Gasteiger partial charge in [-0.25, -0.2) is 0 Å². The van der Waals surface area contributed by atoms with Gasteiger partial charge in [-0.15, -0.1) is 0 Å². The van der Waals surface area contributed by atoms with Gasteiger partial charge in [0.1, 0.15) is 12.4 Å². The minimum Gasteiger partial charge on any atom is -0.491 e. The van der Waals surface area contributed by atoms with E-state index in [4.69, 9.17) is 15.6 Å². The molecule has 3 N–H and O–H groups in total. The van der Waals surface area contributed by atoms with Gasteiger partial charge >= 0.3 is 5.97 Å². The topological polar surface area (TPSA) is 85.4 Å². The molecule has 0 aliphatic heterocycles. The molecule has 0 radical (unpaired) electrons. The number of rotatable bonds is 7. The second kappa shape index (κ2) is 6.70. The fourth-order valence-corrected chi connectivity index (χ4v) is 1.59. The highest BCUT2D eigenvalue weighted by Gasteiger charge is 2.28. The first-order chi connectivity index (χ1) is 9.26. The third-order valence-electron chi connectivity index (χ3n) is 3.22. The standard InChI is InChI=1S/C15H24N2O3/c1-5-11(16)8-12-13(7-6-10(2)17-12)20-9-15(3,4)14(18)19/h6-7,11H,5,8-9,16H2,1-4H3,(H,18,19). The van der Waals surface area contributed by atoms with E-state index in [1.54, 1.807) is 13.8 Å². The molecule has 0 saturated heterocycles. The molecule has 1 rings (SSSR count). The number of carboxylic acid groups (broad SMARTS) is 1. The molecule has 0 bridgehead atoms. The van der Waals surface area contributed by atoms with Gasteiger partial charge in [0, 0.05) is 18.2 Å². The molecule has 1 aromatic rings. The summed E-state index contributed by atoms with van der Waals surface area (Å²) in [5, 5.41) is 9.10. The lowest BCUT2D eigenvalue weighted by Gasteiger charge is -2.21. The first-order valence-electron chi connectivity index (χ1n) is 6.84. The van der Waals surface area contributed by atoms with Crippen LogP contribution >= 0.6 is 0 Å². The van der Waals surface area contributed by atoms with Gasteiger partial charge < -0.3 is 15.6 Å². The second-order valence-electron chi connectivity index (χ2n) is 5.75. The van der Waals surface area contributed by atoms with Gasteiger partial charge in [-0.1, -0.05) is 6.92 Å². The van der Waals surface area contributed by atoms with Crippen molar-refractivity contribution in [2.75, 3.05) is 6.61 Å². The summed E-state index contributed by atoms with van der Waals surface area (Å²) in [4.78, 5) is 15.5. The predicted molar refractivity (Wildman–Crippen MR) is 77.9 cm³/mol. The molecule has 0 spiro atoms. The maximum Gasteiger partial charge on any atom is 0.312 e. The van der Waals surface area contributed by atoms with Crippen molar-refractivity contribution in [3.8, 4) is 5.75 Å². The van der Waals surface area contributed by atoms with Crippen molar-refractivity contribution in [1.82, 2.24) is 4.98 Å². The SMILES string of the molecule is CCC(N)Cc1nc(C)ccc1OCC(C)(C)C(=O)O. The van der Waals surface area contributed by atoms with E-state index in [1.807, 2.05) is 26.0 Å². The molecule has 1 atom stereocenters. The van der Waals surface area contributed by atoms with Crippen molar-refractivity contribution >= 4 is 5.97 Å². The molecule has 1 aromatic heterocycles. The number of ether oxygens (including phenoxy) is 1. The molecule has 0 aliphatic rings.